The first kappa shape index (κ1) is 15.3. The predicted octanol–water partition coefficient (Wildman–Crippen LogP) is 3.67. The van der Waals surface area contributed by atoms with Gasteiger partial charge in [-0.05, 0) is 25.7 Å². The molecule has 0 saturated carbocycles. The van der Waals surface area contributed by atoms with Gasteiger partial charge in [-0.15, -0.1) is 0 Å². The van der Waals surface area contributed by atoms with Crippen molar-refractivity contribution in [1.82, 2.24) is 0 Å². The molecule has 0 saturated heterocycles. The van der Waals surface area contributed by atoms with Gasteiger partial charge in [0.1, 0.15) is 0 Å². The van der Waals surface area contributed by atoms with E-state index in [9.17, 15) is 0 Å². The van der Waals surface area contributed by atoms with E-state index in [0.29, 0.717) is 0 Å². The van der Waals surface area contributed by atoms with Crippen molar-refractivity contribution < 1.29 is 9.47 Å². The van der Waals surface area contributed by atoms with Gasteiger partial charge in [-0.25, -0.2) is 0 Å². The van der Waals surface area contributed by atoms with Crippen LogP contribution in [0.4, 0.5) is 0 Å². The van der Waals surface area contributed by atoms with Gasteiger partial charge in [-0.1, -0.05) is 25.3 Å². The molecule has 2 nitrogen and oxygen atoms in total. The van der Waals surface area contributed by atoms with E-state index < -0.39 is 0 Å². The highest BCUT2D eigenvalue weighted by atomic mass is 16.5. The van der Waals surface area contributed by atoms with Crippen molar-refractivity contribution in [2.45, 2.75) is 25.7 Å². The second-order valence-corrected chi connectivity index (χ2v) is 2.56. The van der Waals surface area contributed by atoms with Gasteiger partial charge in [0.05, 0.1) is 26.7 Å². The molecule has 0 aromatic heterocycles. The molecule has 1 aliphatic rings. The number of rotatable bonds is 2. The lowest BCUT2D eigenvalue weighted by molar-refractivity contribution is 0.339. The standard InChI is InChI=1S/C6H10.2C3H6O/c1-2-4-6-5-3-1;2*1-3-4-2/h1-2H,3-6H2;2*3H,1H2,2H3. The first-order valence-corrected chi connectivity index (χ1v) is 4.75. The molecule has 82 valence electrons. The van der Waals surface area contributed by atoms with Crippen molar-refractivity contribution in [3.63, 3.8) is 0 Å². The third kappa shape index (κ3) is 22.4. The van der Waals surface area contributed by atoms with Crippen LogP contribution in [-0.2, 0) is 9.47 Å². The Morgan fingerprint density at radius 1 is 0.929 bits per heavy atom. The van der Waals surface area contributed by atoms with Crippen molar-refractivity contribution in [2.24, 2.45) is 0 Å². The summed E-state index contributed by atoms with van der Waals surface area (Å²) in [5.74, 6) is 0. The molecule has 0 aromatic rings. The topological polar surface area (TPSA) is 18.5 Å². The lowest BCUT2D eigenvalue weighted by Crippen LogP contribution is -1.77. The van der Waals surface area contributed by atoms with Gasteiger partial charge < -0.3 is 9.47 Å². The van der Waals surface area contributed by atoms with E-state index in [2.05, 4.69) is 34.8 Å². The average Bonchev–Trinajstić information content (AvgIpc) is 2.32. The Morgan fingerprint density at radius 3 is 1.29 bits per heavy atom. The number of allylic oxidation sites excluding steroid dienone is 2. The highest BCUT2D eigenvalue weighted by Crippen LogP contribution is 2.07. The van der Waals surface area contributed by atoms with Crippen LogP contribution in [0.3, 0.4) is 0 Å². The molecule has 0 atom stereocenters. The molecule has 0 spiro atoms. The third-order valence-electron chi connectivity index (χ3n) is 1.49. The van der Waals surface area contributed by atoms with Gasteiger partial charge >= 0.3 is 0 Å². The van der Waals surface area contributed by atoms with Crippen LogP contribution in [-0.4, -0.2) is 14.2 Å². The molecule has 0 aliphatic heterocycles. The van der Waals surface area contributed by atoms with Crippen LogP contribution in [0.5, 0.6) is 0 Å². The highest BCUT2D eigenvalue weighted by Gasteiger charge is 1.87. The number of methoxy groups -OCH3 is 2. The van der Waals surface area contributed by atoms with Gasteiger partial charge in [-0.3, -0.25) is 0 Å². The Kier molecular flexibility index (Phi) is 19.4. The quantitative estimate of drug-likeness (QED) is 0.498. The summed E-state index contributed by atoms with van der Waals surface area (Å²) in [5.41, 5.74) is 0. The molecule has 0 unspecified atom stereocenters. The summed E-state index contributed by atoms with van der Waals surface area (Å²) in [6.07, 6.45) is 12.8. The van der Waals surface area contributed by atoms with Crippen LogP contribution in [0.2, 0.25) is 0 Å². The van der Waals surface area contributed by atoms with Crippen molar-refractivity contribution in [1.29, 1.82) is 0 Å². The fourth-order valence-corrected chi connectivity index (χ4v) is 0.760. The van der Waals surface area contributed by atoms with Gasteiger partial charge in [0.2, 0.25) is 0 Å². The van der Waals surface area contributed by atoms with E-state index in [0.717, 1.165) is 0 Å². The molecule has 0 radical (unpaired) electrons. The maximum absolute atomic E-state index is 4.31. The van der Waals surface area contributed by atoms with Crippen LogP contribution in [0.15, 0.2) is 37.8 Å². The van der Waals surface area contributed by atoms with E-state index >= 15 is 0 Å². The summed E-state index contributed by atoms with van der Waals surface area (Å²) in [4.78, 5) is 0. The first-order valence-electron chi connectivity index (χ1n) is 4.75. The molecule has 2 heteroatoms. The van der Waals surface area contributed by atoms with Crippen LogP contribution in [0.25, 0.3) is 0 Å². The Hall–Kier alpha value is -1.18. The summed E-state index contributed by atoms with van der Waals surface area (Å²) in [6, 6.07) is 0. The highest BCUT2D eigenvalue weighted by molar-refractivity contribution is 4.85. The minimum Gasteiger partial charge on any atom is -0.505 e. The van der Waals surface area contributed by atoms with Crippen LogP contribution in [0, 0.1) is 0 Å². The van der Waals surface area contributed by atoms with Crippen molar-refractivity contribution >= 4 is 0 Å². The summed E-state index contributed by atoms with van der Waals surface area (Å²) < 4.78 is 8.61. The van der Waals surface area contributed by atoms with Gasteiger partial charge in [-0.2, -0.15) is 0 Å². The second-order valence-electron chi connectivity index (χ2n) is 2.56. The van der Waals surface area contributed by atoms with Gasteiger partial charge in [0, 0.05) is 0 Å². The molecule has 0 aromatic carbocycles. The SMILES string of the molecule is C1=CCCCC1.C=COC.C=COC. The minimum atomic E-state index is 1.32. The zero-order chi connectivity index (χ0) is 11.1. The fourth-order valence-electron chi connectivity index (χ4n) is 0.760. The molecule has 1 aliphatic carbocycles. The molecule has 0 N–H and O–H groups in total. The lowest BCUT2D eigenvalue weighted by atomic mass is 10.1. The summed E-state index contributed by atoms with van der Waals surface area (Å²) in [5, 5.41) is 0. The van der Waals surface area contributed by atoms with Crippen molar-refractivity contribution in [2.75, 3.05) is 14.2 Å². The molecule has 0 heterocycles. The maximum Gasteiger partial charge on any atom is 0.0766 e. The van der Waals surface area contributed by atoms with Crippen LogP contribution < -0.4 is 0 Å². The van der Waals surface area contributed by atoms with Gasteiger partial charge in [0.25, 0.3) is 0 Å². The molecular formula is C12H22O2. The Bertz CT molecular complexity index is 123. The first-order chi connectivity index (χ1) is 6.83. The van der Waals surface area contributed by atoms with Crippen molar-refractivity contribution in [3.05, 3.63) is 37.8 Å². The molecule has 14 heavy (non-hydrogen) atoms. The number of hydrogen-bond donors (Lipinski definition) is 0. The number of hydrogen-bond acceptors (Lipinski definition) is 2. The zero-order valence-corrected chi connectivity index (χ0v) is 9.37. The second kappa shape index (κ2) is 17.8. The molecule has 1 rings (SSSR count). The molecule has 0 bridgehead atoms. The fraction of sp³-hybridized carbons (Fsp3) is 0.500. The average molecular weight is 198 g/mol. The zero-order valence-electron chi connectivity index (χ0n) is 9.37. The minimum absolute atomic E-state index is 1.32. The number of ether oxygens (including phenoxy) is 2. The van der Waals surface area contributed by atoms with E-state index in [1.54, 1.807) is 14.2 Å². The lowest BCUT2D eigenvalue weighted by Gasteiger charge is -1.97. The summed E-state index contributed by atoms with van der Waals surface area (Å²) in [7, 11) is 3.12. The monoisotopic (exact) mass is 198 g/mol. The summed E-state index contributed by atoms with van der Waals surface area (Å²) in [6.45, 7) is 6.51. The normalized spacial score (nSPS) is 12.1. The van der Waals surface area contributed by atoms with E-state index in [-0.39, 0.29) is 0 Å². The maximum atomic E-state index is 4.31. The van der Waals surface area contributed by atoms with Crippen LogP contribution in [0.1, 0.15) is 25.7 Å². The van der Waals surface area contributed by atoms with E-state index in [1.807, 2.05) is 0 Å². The Morgan fingerprint density at radius 2 is 1.21 bits per heavy atom. The Balaban J connectivity index is 0. The summed E-state index contributed by atoms with van der Waals surface area (Å²) >= 11 is 0. The molecule has 0 amide bonds. The van der Waals surface area contributed by atoms with Crippen LogP contribution >= 0.6 is 0 Å². The van der Waals surface area contributed by atoms with E-state index in [4.69, 9.17) is 0 Å². The largest absolute Gasteiger partial charge is 0.505 e. The van der Waals surface area contributed by atoms with Gasteiger partial charge in [0.15, 0.2) is 0 Å². The third-order valence-corrected chi connectivity index (χ3v) is 1.49. The molecular weight excluding hydrogens is 176 g/mol. The predicted molar refractivity (Wildman–Crippen MR) is 62.0 cm³/mol. The smallest absolute Gasteiger partial charge is 0.0766 e. The molecule has 0 fully saturated rings. The Labute approximate surface area is 87.9 Å². The van der Waals surface area contributed by atoms with Crippen molar-refractivity contribution in [3.8, 4) is 0 Å². The van der Waals surface area contributed by atoms with E-state index in [1.165, 1.54) is 38.2 Å².